The topological polar surface area (TPSA) is 83.4 Å². The van der Waals surface area contributed by atoms with Gasteiger partial charge in [-0.2, -0.15) is 0 Å². The van der Waals surface area contributed by atoms with E-state index in [0.717, 1.165) is 0 Å². The lowest BCUT2D eigenvalue weighted by molar-refractivity contribution is 0.0996. The number of anilines is 2. The highest BCUT2D eigenvalue weighted by atomic mass is 16.3. The lowest BCUT2D eigenvalue weighted by Crippen LogP contribution is -2.43. The number of urea groups is 1. The molecule has 0 spiro atoms. The number of furan rings is 1. The zero-order chi connectivity index (χ0) is 16.2. The zero-order valence-electron chi connectivity index (χ0n) is 12.8. The fourth-order valence-electron chi connectivity index (χ4n) is 1.74. The van der Waals surface area contributed by atoms with E-state index in [1.54, 1.807) is 36.4 Å². The predicted octanol–water partition coefficient (Wildman–Crippen LogP) is 3.45. The highest BCUT2D eigenvalue weighted by Gasteiger charge is 2.13. The van der Waals surface area contributed by atoms with Gasteiger partial charge in [0.05, 0.1) is 6.26 Å². The van der Waals surface area contributed by atoms with Crippen molar-refractivity contribution in [2.24, 2.45) is 0 Å². The minimum absolute atomic E-state index is 0.242. The molecule has 0 unspecified atom stereocenters. The van der Waals surface area contributed by atoms with Crippen molar-refractivity contribution in [3.05, 3.63) is 48.4 Å². The van der Waals surface area contributed by atoms with Crippen LogP contribution in [0.1, 0.15) is 31.3 Å². The number of carbonyl (C=O) groups is 2. The smallest absolute Gasteiger partial charge is 0.319 e. The van der Waals surface area contributed by atoms with Crippen LogP contribution in [0.15, 0.2) is 47.1 Å². The Bertz CT molecular complexity index is 640. The molecule has 0 aliphatic rings. The van der Waals surface area contributed by atoms with Crippen molar-refractivity contribution in [2.45, 2.75) is 26.3 Å². The third kappa shape index (κ3) is 4.66. The lowest BCUT2D eigenvalue weighted by Gasteiger charge is -2.20. The van der Waals surface area contributed by atoms with E-state index in [-0.39, 0.29) is 23.2 Å². The molecule has 0 bridgehead atoms. The summed E-state index contributed by atoms with van der Waals surface area (Å²) in [7, 11) is 0. The van der Waals surface area contributed by atoms with Gasteiger partial charge in [-0.05, 0) is 57.2 Å². The summed E-state index contributed by atoms with van der Waals surface area (Å²) in [5.74, 6) is -0.0806. The maximum Gasteiger partial charge on any atom is 0.319 e. The molecule has 1 heterocycles. The molecule has 1 aromatic carbocycles. The molecule has 0 saturated carbocycles. The summed E-state index contributed by atoms with van der Waals surface area (Å²) in [4.78, 5) is 23.6. The molecule has 0 saturated heterocycles. The Morgan fingerprint density at radius 2 is 1.55 bits per heavy atom. The molecule has 6 nitrogen and oxygen atoms in total. The monoisotopic (exact) mass is 301 g/mol. The molecular formula is C16H19N3O3. The molecule has 0 atom stereocenters. The molecule has 0 fully saturated rings. The van der Waals surface area contributed by atoms with Gasteiger partial charge in [0.15, 0.2) is 5.76 Å². The van der Waals surface area contributed by atoms with Gasteiger partial charge in [0.25, 0.3) is 5.91 Å². The molecule has 6 heteroatoms. The van der Waals surface area contributed by atoms with E-state index in [4.69, 9.17) is 4.42 Å². The number of rotatable bonds is 3. The fourth-order valence-corrected chi connectivity index (χ4v) is 1.74. The SMILES string of the molecule is CC(C)(C)NC(=O)Nc1ccc(NC(=O)c2ccco2)cc1. The first kappa shape index (κ1) is 15.6. The largest absolute Gasteiger partial charge is 0.459 e. The van der Waals surface area contributed by atoms with Gasteiger partial charge in [0, 0.05) is 16.9 Å². The van der Waals surface area contributed by atoms with Crippen molar-refractivity contribution in [1.29, 1.82) is 0 Å². The molecule has 0 radical (unpaired) electrons. The van der Waals surface area contributed by atoms with E-state index in [2.05, 4.69) is 16.0 Å². The minimum Gasteiger partial charge on any atom is -0.459 e. The Morgan fingerprint density at radius 3 is 2.05 bits per heavy atom. The van der Waals surface area contributed by atoms with E-state index < -0.39 is 0 Å². The Kier molecular flexibility index (Phi) is 4.50. The van der Waals surface area contributed by atoms with Crippen molar-refractivity contribution in [1.82, 2.24) is 5.32 Å². The van der Waals surface area contributed by atoms with Gasteiger partial charge in [-0.3, -0.25) is 4.79 Å². The van der Waals surface area contributed by atoms with E-state index >= 15 is 0 Å². The van der Waals surface area contributed by atoms with E-state index in [1.807, 2.05) is 20.8 Å². The Morgan fingerprint density at radius 1 is 0.955 bits per heavy atom. The van der Waals surface area contributed by atoms with E-state index in [1.165, 1.54) is 6.26 Å². The van der Waals surface area contributed by atoms with Gasteiger partial charge in [-0.15, -0.1) is 0 Å². The summed E-state index contributed by atoms with van der Waals surface area (Å²) in [6.07, 6.45) is 1.44. The van der Waals surface area contributed by atoms with E-state index in [9.17, 15) is 9.59 Å². The second-order valence-electron chi connectivity index (χ2n) is 5.84. The number of hydrogen-bond donors (Lipinski definition) is 3. The lowest BCUT2D eigenvalue weighted by atomic mass is 10.1. The first-order valence-electron chi connectivity index (χ1n) is 6.87. The van der Waals surface area contributed by atoms with Crippen LogP contribution in [-0.4, -0.2) is 17.5 Å². The Labute approximate surface area is 128 Å². The van der Waals surface area contributed by atoms with Crippen LogP contribution in [0.25, 0.3) is 0 Å². The van der Waals surface area contributed by atoms with Gasteiger partial charge in [0.1, 0.15) is 0 Å². The van der Waals surface area contributed by atoms with Gasteiger partial charge < -0.3 is 20.4 Å². The first-order valence-corrected chi connectivity index (χ1v) is 6.87. The molecule has 0 aliphatic carbocycles. The average Bonchev–Trinajstić information content (AvgIpc) is 2.92. The maximum absolute atomic E-state index is 11.8. The highest BCUT2D eigenvalue weighted by molar-refractivity contribution is 6.02. The molecular weight excluding hydrogens is 282 g/mol. The summed E-state index contributed by atoms with van der Waals surface area (Å²) in [5.41, 5.74) is 0.946. The molecule has 2 rings (SSSR count). The van der Waals surface area contributed by atoms with Gasteiger partial charge >= 0.3 is 6.03 Å². The van der Waals surface area contributed by atoms with Gasteiger partial charge in [0.2, 0.25) is 0 Å². The van der Waals surface area contributed by atoms with Crippen molar-refractivity contribution in [3.63, 3.8) is 0 Å². The predicted molar refractivity (Wildman–Crippen MR) is 85.0 cm³/mol. The maximum atomic E-state index is 11.8. The third-order valence-corrected chi connectivity index (χ3v) is 2.63. The van der Waals surface area contributed by atoms with Crippen LogP contribution in [-0.2, 0) is 0 Å². The highest BCUT2D eigenvalue weighted by Crippen LogP contribution is 2.15. The molecule has 2 aromatic rings. The van der Waals surface area contributed by atoms with Crippen LogP contribution in [0.2, 0.25) is 0 Å². The normalized spacial score (nSPS) is 10.9. The second-order valence-corrected chi connectivity index (χ2v) is 5.84. The number of carbonyl (C=O) groups excluding carboxylic acids is 2. The van der Waals surface area contributed by atoms with Gasteiger partial charge in [-0.1, -0.05) is 0 Å². The average molecular weight is 301 g/mol. The number of benzene rings is 1. The number of amides is 3. The van der Waals surface area contributed by atoms with Crippen LogP contribution in [0.4, 0.5) is 16.2 Å². The van der Waals surface area contributed by atoms with Crippen molar-refractivity contribution < 1.29 is 14.0 Å². The van der Waals surface area contributed by atoms with Crippen LogP contribution in [0.3, 0.4) is 0 Å². The molecule has 1 aromatic heterocycles. The molecule has 116 valence electrons. The summed E-state index contributed by atoms with van der Waals surface area (Å²) in [5, 5.41) is 8.23. The summed E-state index contributed by atoms with van der Waals surface area (Å²) in [6.45, 7) is 5.71. The van der Waals surface area contributed by atoms with Crippen LogP contribution in [0, 0.1) is 0 Å². The molecule has 22 heavy (non-hydrogen) atoms. The van der Waals surface area contributed by atoms with Crippen molar-refractivity contribution in [3.8, 4) is 0 Å². The molecule has 3 amide bonds. The summed E-state index contributed by atoms with van der Waals surface area (Å²) >= 11 is 0. The van der Waals surface area contributed by atoms with Crippen molar-refractivity contribution in [2.75, 3.05) is 10.6 Å². The number of nitrogens with one attached hydrogen (secondary N) is 3. The third-order valence-electron chi connectivity index (χ3n) is 2.63. The quantitative estimate of drug-likeness (QED) is 0.812. The zero-order valence-corrected chi connectivity index (χ0v) is 12.8. The van der Waals surface area contributed by atoms with Crippen LogP contribution < -0.4 is 16.0 Å². The Hall–Kier alpha value is -2.76. The fraction of sp³-hybridized carbons (Fsp3) is 0.250. The van der Waals surface area contributed by atoms with E-state index in [0.29, 0.717) is 11.4 Å². The molecule has 3 N–H and O–H groups in total. The Balaban J connectivity index is 1.93. The number of hydrogen-bond acceptors (Lipinski definition) is 3. The summed E-state index contributed by atoms with van der Waals surface area (Å²) < 4.78 is 5.01. The van der Waals surface area contributed by atoms with Crippen LogP contribution in [0.5, 0.6) is 0 Å². The molecule has 0 aliphatic heterocycles. The van der Waals surface area contributed by atoms with Gasteiger partial charge in [-0.25, -0.2) is 4.79 Å². The standard InChI is InChI=1S/C16H19N3O3/c1-16(2,3)19-15(21)18-12-8-6-11(7-9-12)17-14(20)13-5-4-10-22-13/h4-10H,1-3H3,(H,17,20)(H2,18,19,21). The van der Waals surface area contributed by atoms with Crippen LogP contribution >= 0.6 is 0 Å². The minimum atomic E-state index is -0.323. The first-order chi connectivity index (χ1) is 10.3. The van der Waals surface area contributed by atoms with Crippen molar-refractivity contribution >= 4 is 23.3 Å². The second kappa shape index (κ2) is 6.34. The summed E-state index contributed by atoms with van der Waals surface area (Å²) in [6, 6.07) is 9.78.